The van der Waals surface area contributed by atoms with Crippen LogP contribution in [0.1, 0.15) is 31.4 Å². The Hall–Kier alpha value is -0.530. The zero-order valence-corrected chi connectivity index (χ0v) is 8.51. The van der Waals surface area contributed by atoms with Crippen molar-refractivity contribution in [1.82, 2.24) is 0 Å². The van der Waals surface area contributed by atoms with Crippen LogP contribution in [0, 0.1) is 5.41 Å². The topological polar surface area (TPSA) is 26.0 Å². The molecule has 1 fully saturated rings. The van der Waals surface area contributed by atoms with Crippen LogP contribution in [0.3, 0.4) is 0 Å². The molecule has 1 aliphatic rings. The molecule has 70 valence electrons. The van der Waals surface area contributed by atoms with E-state index in [2.05, 4.69) is 6.92 Å². The molecule has 13 heavy (non-hydrogen) atoms. The highest BCUT2D eigenvalue weighted by Crippen LogP contribution is 2.53. The molecular weight excluding hydrogens is 182 g/mol. The predicted molar refractivity (Wildman–Crippen MR) is 55.7 cm³/mol. The highest BCUT2D eigenvalue weighted by atomic mass is 35.5. The van der Waals surface area contributed by atoms with Crippen molar-refractivity contribution in [2.24, 2.45) is 11.1 Å². The quantitative estimate of drug-likeness (QED) is 0.771. The minimum atomic E-state index is 0.171. The average molecular weight is 196 g/mol. The van der Waals surface area contributed by atoms with Crippen LogP contribution in [0.4, 0.5) is 0 Å². The largest absolute Gasteiger partial charge is 0.323 e. The van der Waals surface area contributed by atoms with Crippen LogP contribution in [0.25, 0.3) is 0 Å². The van der Waals surface area contributed by atoms with Crippen molar-refractivity contribution in [2.45, 2.75) is 25.8 Å². The van der Waals surface area contributed by atoms with Crippen molar-refractivity contribution in [3.8, 4) is 0 Å². The van der Waals surface area contributed by atoms with Gasteiger partial charge in [-0.05, 0) is 36.0 Å². The molecule has 0 aliphatic heterocycles. The van der Waals surface area contributed by atoms with Gasteiger partial charge in [0.2, 0.25) is 0 Å². The van der Waals surface area contributed by atoms with E-state index in [1.807, 2.05) is 24.3 Å². The van der Waals surface area contributed by atoms with Crippen LogP contribution in [0.5, 0.6) is 0 Å². The van der Waals surface area contributed by atoms with Crippen molar-refractivity contribution < 1.29 is 0 Å². The minimum Gasteiger partial charge on any atom is -0.323 e. The maximum absolute atomic E-state index is 6.14. The molecule has 1 aromatic rings. The van der Waals surface area contributed by atoms with Crippen LogP contribution in [-0.4, -0.2) is 0 Å². The van der Waals surface area contributed by atoms with E-state index in [0.29, 0.717) is 5.41 Å². The molecule has 1 aliphatic carbocycles. The second-order valence-corrected chi connectivity index (χ2v) is 4.62. The van der Waals surface area contributed by atoms with Crippen LogP contribution in [-0.2, 0) is 0 Å². The first-order chi connectivity index (χ1) is 6.12. The monoisotopic (exact) mass is 195 g/mol. The number of benzene rings is 1. The summed E-state index contributed by atoms with van der Waals surface area (Å²) in [7, 11) is 0. The Morgan fingerprint density at radius 2 is 1.85 bits per heavy atom. The van der Waals surface area contributed by atoms with E-state index < -0.39 is 0 Å². The third-order valence-electron chi connectivity index (χ3n) is 3.02. The number of rotatable bonds is 2. The summed E-state index contributed by atoms with van der Waals surface area (Å²) in [5, 5.41) is 0.775. The molecule has 0 spiro atoms. The molecular formula is C11H14ClN. The Morgan fingerprint density at radius 1 is 1.31 bits per heavy atom. The number of halogens is 1. The third kappa shape index (κ3) is 1.72. The first-order valence-electron chi connectivity index (χ1n) is 4.63. The van der Waals surface area contributed by atoms with Crippen molar-refractivity contribution in [2.75, 3.05) is 0 Å². The molecule has 0 aromatic heterocycles. The fourth-order valence-electron chi connectivity index (χ4n) is 1.58. The zero-order valence-electron chi connectivity index (χ0n) is 7.76. The van der Waals surface area contributed by atoms with Gasteiger partial charge in [-0.3, -0.25) is 0 Å². The first-order valence-corrected chi connectivity index (χ1v) is 5.01. The normalized spacial score (nSPS) is 21.2. The maximum Gasteiger partial charge on any atom is 0.0406 e. The van der Waals surface area contributed by atoms with Gasteiger partial charge in [-0.2, -0.15) is 0 Å². The Labute approximate surface area is 83.9 Å². The van der Waals surface area contributed by atoms with Gasteiger partial charge in [0.15, 0.2) is 0 Å². The van der Waals surface area contributed by atoms with Crippen molar-refractivity contribution in [1.29, 1.82) is 0 Å². The van der Waals surface area contributed by atoms with Gasteiger partial charge in [0.25, 0.3) is 0 Å². The summed E-state index contributed by atoms with van der Waals surface area (Å²) in [4.78, 5) is 0. The van der Waals surface area contributed by atoms with Gasteiger partial charge >= 0.3 is 0 Å². The third-order valence-corrected chi connectivity index (χ3v) is 3.27. The number of nitrogens with two attached hydrogens (primary N) is 1. The molecule has 2 heteroatoms. The smallest absolute Gasteiger partial charge is 0.0406 e. The van der Waals surface area contributed by atoms with E-state index >= 15 is 0 Å². The highest BCUT2D eigenvalue weighted by molar-refractivity contribution is 6.30. The second-order valence-electron chi connectivity index (χ2n) is 4.18. The summed E-state index contributed by atoms with van der Waals surface area (Å²) < 4.78 is 0. The van der Waals surface area contributed by atoms with Crippen LogP contribution in [0.15, 0.2) is 24.3 Å². The summed E-state index contributed by atoms with van der Waals surface area (Å²) in [6.45, 7) is 2.24. The van der Waals surface area contributed by atoms with Crippen molar-refractivity contribution in [3.63, 3.8) is 0 Å². The van der Waals surface area contributed by atoms with Crippen LogP contribution in [0.2, 0.25) is 5.02 Å². The molecule has 0 saturated heterocycles. The Kier molecular flexibility index (Phi) is 2.09. The first kappa shape index (κ1) is 9.04. The van der Waals surface area contributed by atoms with E-state index in [1.54, 1.807) is 0 Å². The van der Waals surface area contributed by atoms with E-state index in [0.717, 1.165) is 5.02 Å². The maximum atomic E-state index is 6.14. The molecule has 2 rings (SSSR count). The van der Waals surface area contributed by atoms with Gasteiger partial charge in [-0.25, -0.2) is 0 Å². The van der Waals surface area contributed by atoms with E-state index in [9.17, 15) is 0 Å². The average Bonchev–Trinajstić information content (AvgIpc) is 2.85. The second kappa shape index (κ2) is 3.00. The Morgan fingerprint density at radius 3 is 2.31 bits per heavy atom. The Balaban J connectivity index is 2.20. The molecule has 1 saturated carbocycles. The summed E-state index contributed by atoms with van der Waals surface area (Å²) in [6, 6.07) is 8.03. The molecule has 1 unspecified atom stereocenters. The zero-order chi connectivity index (χ0) is 9.47. The van der Waals surface area contributed by atoms with Gasteiger partial charge < -0.3 is 5.73 Å². The molecule has 1 nitrogen and oxygen atoms in total. The van der Waals surface area contributed by atoms with Gasteiger partial charge in [0.05, 0.1) is 0 Å². The summed E-state index contributed by atoms with van der Waals surface area (Å²) in [5.74, 6) is 0. The van der Waals surface area contributed by atoms with Crippen molar-refractivity contribution >= 4 is 11.6 Å². The van der Waals surface area contributed by atoms with Crippen LogP contribution >= 0.6 is 11.6 Å². The van der Waals surface area contributed by atoms with Crippen molar-refractivity contribution in [3.05, 3.63) is 34.9 Å². The van der Waals surface area contributed by atoms with Gasteiger partial charge in [-0.1, -0.05) is 30.7 Å². The number of hydrogen-bond acceptors (Lipinski definition) is 1. The van der Waals surface area contributed by atoms with E-state index in [1.165, 1.54) is 18.4 Å². The lowest BCUT2D eigenvalue weighted by molar-refractivity contribution is 0.451. The SMILES string of the molecule is CC1(C(N)c2ccc(Cl)cc2)CC1. The molecule has 0 radical (unpaired) electrons. The lowest BCUT2D eigenvalue weighted by atomic mass is 9.93. The van der Waals surface area contributed by atoms with E-state index in [-0.39, 0.29) is 6.04 Å². The predicted octanol–water partition coefficient (Wildman–Crippen LogP) is 3.14. The van der Waals surface area contributed by atoms with Gasteiger partial charge in [0.1, 0.15) is 0 Å². The molecule has 0 amide bonds. The summed E-state index contributed by atoms with van der Waals surface area (Å²) in [6.07, 6.45) is 2.49. The molecule has 1 aromatic carbocycles. The highest BCUT2D eigenvalue weighted by Gasteiger charge is 2.43. The summed E-state index contributed by atoms with van der Waals surface area (Å²) >= 11 is 5.81. The summed E-state index contributed by atoms with van der Waals surface area (Å²) in [5.41, 5.74) is 7.68. The van der Waals surface area contributed by atoms with Gasteiger partial charge in [-0.15, -0.1) is 0 Å². The van der Waals surface area contributed by atoms with Gasteiger partial charge in [0, 0.05) is 11.1 Å². The number of hydrogen-bond donors (Lipinski definition) is 1. The molecule has 2 N–H and O–H groups in total. The fourth-order valence-corrected chi connectivity index (χ4v) is 1.71. The molecule has 0 bridgehead atoms. The molecule has 0 heterocycles. The van der Waals surface area contributed by atoms with E-state index in [4.69, 9.17) is 17.3 Å². The fraction of sp³-hybridized carbons (Fsp3) is 0.455. The lowest BCUT2D eigenvalue weighted by Gasteiger charge is -2.18. The standard InChI is InChI=1S/C11H14ClN/c1-11(6-7-11)10(13)8-2-4-9(12)5-3-8/h2-5,10H,6-7,13H2,1H3. The van der Waals surface area contributed by atoms with Crippen LogP contribution < -0.4 is 5.73 Å². The lowest BCUT2D eigenvalue weighted by Crippen LogP contribution is -2.19. The Bertz CT molecular complexity index is 300. The molecule has 1 atom stereocenters. The minimum absolute atomic E-state index is 0.171.